The molecule has 3 rings (SSSR count). The number of nitrogens with one attached hydrogen (secondary N) is 2. The fraction of sp³-hybridized carbons (Fsp3) is 0.526. The number of aliphatic imine (C=N–C) groups is 1. The molecule has 0 saturated heterocycles. The molecular formula is C19H27FN6. The monoisotopic (exact) mass is 358 g/mol. The number of rotatable bonds is 4. The minimum atomic E-state index is -0.233. The van der Waals surface area contributed by atoms with Gasteiger partial charge in [-0.15, -0.1) is 0 Å². The third-order valence-electron chi connectivity index (χ3n) is 4.82. The van der Waals surface area contributed by atoms with Crippen LogP contribution in [0.3, 0.4) is 0 Å². The summed E-state index contributed by atoms with van der Waals surface area (Å²) in [5, 5.41) is 11.3. The molecule has 1 aromatic heterocycles. The lowest BCUT2D eigenvalue weighted by Gasteiger charge is -2.29. The molecule has 0 amide bonds. The average Bonchev–Trinajstić information content (AvgIpc) is 2.99. The Morgan fingerprint density at radius 2 is 2.23 bits per heavy atom. The van der Waals surface area contributed by atoms with Crippen molar-refractivity contribution in [3.8, 4) is 0 Å². The van der Waals surface area contributed by atoms with Gasteiger partial charge in [0.2, 0.25) is 0 Å². The highest BCUT2D eigenvalue weighted by molar-refractivity contribution is 5.80. The molecule has 1 atom stereocenters. The lowest BCUT2D eigenvalue weighted by Crippen LogP contribution is -2.45. The second-order valence-corrected chi connectivity index (χ2v) is 7.40. The molecule has 26 heavy (non-hydrogen) atoms. The number of hydrogen-bond donors (Lipinski definition) is 2. The van der Waals surface area contributed by atoms with E-state index < -0.39 is 0 Å². The Hall–Kier alpha value is -2.44. The van der Waals surface area contributed by atoms with Gasteiger partial charge in [-0.1, -0.05) is 26.0 Å². The van der Waals surface area contributed by atoms with Crippen LogP contribution in [-0.2, 0) is 12.0 Å². The Bertz CT molecular complexity index is 795. The Labute approximate surface area is 153 Å². The van der Waals surface area contributed by atoms with Gasteiger partial charge in [0.25, 0.3) is 0 Å². The molecule has 0 spiro atoms. The van der Waals surface area contributed by atoms with E-state index in [2.05, 4.69) is 39.6 Å². The van der Waals surface area contributed by atoms with Crippen LogP contribution in [0.2, 0.25) is 0 Å². The van der Waals surface area contributed by atoms with Crippen molar-refractivity contribution in [2.24, 2.45) is 4.99 Å². The van der Waals surface area contributed by atoms with Crippen LogP contribution in [0.25, 0.3) is 0 Å². The molecule has 1 aromatic carbocycles. The predicted molar refractivity (Wildman–Crippen MR) is 101 cm³/mol. The standard InChI is InChI=1S/C19H27FN6/c1-13-23-17-16(9-6-10-26(17)25-13)24-18(21-4)22-12-19(2,3)14-7-5-8-15(20)11-14/h5,7-8,11,16H,6,9-10,12H2,1-4H3,(H2,21,22,24). The summed E-state index contributed by atoms with van der Waals surface area (Å²) in [6.45, 7) is 7.63. The first kappa shape index (κ1) is 18.4. The van der Waals surface area contributed by atoms with E-state index in [1.807, 2.05) is 17.7 Å². The van der Waals surface area contributed by atoms with Gasteiger partial charge >= 0.3 is 0 Å². The van der Waals surface area contributed by atoms with Crippen LogP contribution in [0.15, 0.2) is 29.3 Å². The van der Waals surface area contributed by atoms with Crippen molar-refractivity contribution in [2.75, 3.05) is 13.6 Å². The normalized spacial score (nSPS) is 17.7. The second kappa shape index (κ2) is 7.43. The van der Waals surface area contributed by atoms with Gasteiger partial charge in [0, 0.05) is 25.6 Å². The maximum Gasteiger partial charge on any atom is 0.191 e. The SMILES string of the molecule is CN=C(NCC(C)(C)c1cccc(F)c1)NC1CCCn2nc(C)nc21. The number of benzene rings is 1. The molecule has 2 aromatic rings. The van der Waals surface area contributed by atoms with Crippen LogP contribution in [0, 0.1) is 12.7 Å². The number of halogens is 1. The lowest BCUT2D eigenvalue weighted by molar-refractivity contribution is 0.396. The van der Waals surface area contributed by atoms with E-state index in [4.69, 9.17) is 0 Å². The number of aromatic nitrogens is 3. The number of aryl methyl sites for hydroxylation is 2. The van der Waals surface area contributed by atoms with Crippen molar-refractivity contribution in [3.05, 3.63) is 47.3 Å². The van der Waals surface area contributed by atoms with Crippen LogP contribution in [0.1, 0.15) is 49.9 Å². The van der Waals surface area contributed by atoms with Crippen molar-refractivity contribution in [3.63, 3.8) is 0 Å². The van der Waals surface area contributed by atoms with Crippen molar-refractivity contribution in [2.45, 2.75) is 51.6 Å². The maximum absolute atomic E-state index is 13.5. The Morgan fingerprint density at radius 3 is 2.96 bits per heavy atom. The summed E-state index contributed by atoms with van der Waals surface area (Å²) in [5.41, 5.74) is 0.719. The van der Waals surface area contributed by atoms with Gasteiger partial charge in [0.1, 0.15) is 17.5 Å². The number of guanidine groups is 1. The van der Waals surface area contributed by atoms with Crippen LogP contribution in [0.4, 0.5) is 4.39 Å². The molecular weight excluding hydrogens is 331 g/mol. The van der Waals surface area contributed by atoms with Gasteiger partial charge in [-0.2, -0.15) is 5.10 Å². The summed E-state index contributed by atoms with van der Waals surface area (Å²) in [4.78, 5) is 8.89. The Balaban J connectivity index is 1.66. The largest absolute Gasteiger partial charge is 0.356 e. The molecule has 1 aliphatic rings. The smallest absolute Gasteiger partial charge is 0.191 e. The van der Waals surface area contributed by atoms with E-state index in [1.54, 1.807) is 19.2 Å². The number of hydrogen-bond acceptors (Lipinski definition) is 3. The van der Waals surface area contributed by atoms with Gasteiger partial charge in [-0.3, -0.25) is 4.99 Å². The highest BCUT2D eigenvalue weighted by Gasteiger charge is 2.26. The quantitative estimate of drug-likeness (QED) is 0.651. The summed E-state index contributed by atoms with van der Waals surface area (Å²) in [5.74, 6) is 2.26. The first-order valence-electron chi connectivity index (χ1n) is 9.03. The minimum absolute atomic E-state index is 0.0911. The number of nitrogens with zero attached hydrogens (tertiary/aromatic N) is 4. The fourth-order valence-corrected chi connectivity index (χ4v) is 3.28. The molecule has 1 unspecified atom stereocenters. The zero-order valence-electron chi connectivity index (χ0n) is 15.9. The van der Waals surface area contributed by atoms with E-state index in [0.717, 1.165) is 36.6 Å². The zero-order chi connectivity index (χ0) is 18.7. The fourth-order valence-electron chi connectivity index (χ4n) is 3.28. The minimum Gasteiger partial charge on any atom is -0.356 e. The van der Waals surface area contributed by atoms with Crippen molar-refractivity contribution in [1.82, 2.24) is 25.4 Å². The van der Waals surface area contributed by atoms with Gasteiger partial charge in [0.05, 0.1) is 6.04 Å². The van der Waals surface area contributed by atoms with Gasteiger partial charge < -0.3 is 10.6 Å². The maximum atomic E-state index is 13.5. The third kappa shape index (κ3) is 4.03. The van der Waals surface area contributed by atoms with Crippen LogP contribution in [-0.4, -0.2) is 34.3 Å². The molecule has 2 heterocycles. The molecule has 0 fully saturated rings. The molecule has 2 N–H and O–H groups in total. The number of fused-ring (bicyclic) bond motifs is 1. The van der Waals surface area contributed by atoms with Crippen LogP contribution >= 0.6 is 0 Å². The van der Waals surface area contributed by atoms with Crippen molar-refractivity contribution in [1.29, 1.82) is 0 Å². The van der Waals surface area contributed by atoms with Crippen LogP contribution in [0.5, 0.6) is 0 Å². The van der Waals surface area contributed by atoms with E-state index in [-0.39, 0.29) is 17.3 Å². The first-order valence-corrected chi connectivity index (χ1v) is 9.03. The Kier molecular flexibility index (Phi) is 5.25. The molecule has 140 valence electrons. The molecule has 0 aliphatic carbocycles. The van der Waals surface area contributed by atoms with Crippen molar-refractivity contribution >= 4 is 5.96 Å². The molecule has 0 radical (unpaired) electrons. The highest BCUT2D eigenvalue weighted by Crippen LogP contribution is 2.24. The Morgan fingerprint density at radius 1 is 1.42 bits per heavy atom. The molecule has 6 nitrogen and oxygen atoms in total. The molecule has 0 bridgehead atoms. The zero-order valence-corrected chi connectivity index (χ0v) is 15.9. The average molecular weight is 358 g/mol. The molecule has 7 heteroatoms. The van der Waals surface area contributed by atoms with Gasteiger partial charge in [0.15, 0.2) is 5.96 Å². The van der Waals surface area contributed by atoms with E-state index in [0.29, 0.717) is 12.5 Å². The van der Waals surface area contributed by atoms with E-state index in [1.165, 1.54) is 6.07 Å². The molecule has 0 saturated carbocycles. The summed E-state index contributed by atoms with van der Waals surface area (Å²) in [6.07, 6.45) is 2.05. The van der Waals surface area contributed by atoms with Gasteiger partial charge in [-0.05, 0) is 37.5 Å². The lowest BCUT2D eigenvalue weighted by atomic mass is 9.84. The summed E-state index contributed by atoms with van der Waals surface area (Å²) in [7, 11) is 1.75. The topological polar surface area (TPSA) is 67.1 Å². The predicted octanol–water partition coefficient (Wildman–Crippen LogP) is 2.70. The van der Waals surface area contributed by atoms with Crippen LogP contribution < -0.4 is 10.6 Å². The van der Waals surface area contributed by atoms with E-state index in [9.17, 15) is 4.39 Å². The highest BCUT2D eigenvalue weighted by atomic mass is 19.1. The first-order chi connectivity index (χ1) is 12.4. The third-order valence-corrected chi connectivity index (χ3v) is 4.82. The summed E-state index contributed by atoms with van der Waals surface area (Å²) in [6, 6.07) is 6.84. The summed E-state index contributed by atoms with van der Waals surface area (Å²) >= 11 is 0. The second-order valence-electron chi connectivity index (χ2n) is 7.40. The summed E-state index contributed by atoms with van der Waals surface area (Å²) < 4.78 is 15.5. The molecule has 1 aliphatic heterocycles. The van der Waals surface area contributed by atoms with Crippen molar-refractivity contribution < 1.29 is 4.39 Å². The van der Waals surface area contributed by atoms with E-state index >= 15 is 0 Å². The van der Waals surface area contributed by atoms with Gasteiger partial charge in [-0.25, -0.2) is 14.1 Å².